The Morgan fingerprint density at radius 2 is 0.685 bits per heavy atom. The second kappa shape index (κ2) is 30.2. The van der Waals surface area contributed by atoms with E-state index in [0.717, 1.165) is 186 Å². The molecule has 5 aliphatic heterocycles. The van der Waals surface area contributed by atoms with Crippen molar-refractivity contribution in [3.8, 4) is 0 Å². The number of fused-ring (bicyclic) bond motifs is 31. The number of hydrogen-bond acceptors (Lipinski definition) is 15. The second-order valence-electron chi connectivity index (χ2n) is 50.2. The molecule has 0 spiro atoms. The summed E-state index contributed by atoms with van der Waals surface area (Å²) in [6, 6.07) is 0. The lowest BCUT2D eigenvalue weighted by Crippen LogP contribution is -2.59. The van der Waals surface area contributed by atoms with Crippen molar-refractivity contribution in [2.45, 2.75) is 371 Å². The Bertz CT molecular complexity index is 4240. The first kappa shape index (κ1) is 83.0. The molecule has 0 N–H and O–H groups in total. The van der Waals surface area contributed by atoms with Crippen molar-refractivity contribution < 1.29 is 71.3 Å². The highest BCUT2D eigenvalue weighted by Crippen LogP contribution is 2.74. The van der Waals surface area contributed by atoms with Gasteiger partial charge < -0.3 is 47.4 Å². The zero-order valence-electron chi connectivity index (χ0n) is 77.0. The minimum Gasteiger partial charge on any atom is -0.458 e. The molecule has 37 atom stereocenters. The van der Waals surface area contributed by atoms with Crippen molar-refractivity contribution in [3.63, 3.8) is 0 Å². The molecule has 20 saturated carbocycles. The Hall–Kier alpha value is -4.15. The summed E-state index contributed by atoms with van der Waals surface area (Å²) >= 11 is 0. The summed E-state index contributed by atoms with van der Waals surface area (Å²) in [5.74, 6) is 27.1. The molecule has 37 unspecified atom stereocenters. The monoisotopic (exact) mass is 1700 g/mol. The van der Waals surface area contributed by atoms with Crippen LogP contribution in [-0.4, -0.2) is 119 Å². The Kier molecular flexibility index (Phi) is 20.2. The number of ether oxygens (including phenoxy) is 10. The summed E-state index contributed by atoms with van der Waals surface area (Å²) in [5, 5.41) is 0. The molecule has 15 nitrogen and oxygen atoms in total. The minimum absolute atomic E-state index is 0.0360. The highest BCUT2D eigenvalue weighted by atomic mass is 16.7. The van der Waals surface area contributed by atoms with Crippen LogP contribution >= 0.6 is 0 Å². The van der Waals surface area contributed by atoms with Crippen LogP contribution in [0.4, 0.5) is 0 Å². The van der Waals surface area contributed by atoms with Gasteiger partial charge in [-0.1, -0.05) is 102 Å². The molecule has 5 heterocycles. The van der Waals surface area contributed by atoms with Gasteiger partial charge in [0.1, 0.15) is 28.0 Å². The Morgan fingerprint density at radius 3 is 1.04 bits per heavy atom. The van der Waals surface area contributed by atoms with Gasteiger partial charge in [0, 0.05) is 5.41 Å². The molecule has 25 aliphatic carbocycles. The lowest BCUT2D eigenvalue weighted by atomic mass is 9.46. The lowest BCUT2D eigenvalue weighted by Gasteiger charge is -2.61. The third-order valence-corrected chi connectivity index (χ3v) is 43.0. The summed E-state index contributed by atoms with van der Waals surface area (Å²) in [5.41, 5.74) is -1.23. The van der Waals surface area contributed by atoms with Crippen LogP contribution < -0.4 is 0 Å². The quantitative estimate of drug-likeness (QED) is 0.0367. The molecule has 24 bridgehead atoms. The number of allylic oxidation sites excluding steroid dienone is 10. The number of carbonyl (C=O) groups is 5. The van der Waals surface area contributed by atoms with E-state index in [1.54, 1.807) is 0 Å². The van der Waals surface area contributed by atoms with Crippen LogP contribution in [-0.2, 0) is 71.3 Å². The molecular formula is C109H152O15. The van der Waals surface area contributed by atoms with E-state index in [-0.39, 0.29) is 119 Å². The van der Waals surface area contributed by atoms with E-state index in [1.807, 2.05) is 20.8 Å². The summed E-state index contributed by atoms with van der Waals surface area (Å²) in [6.45, 7) is 23.1. The lowest BCUT2D eigenvalue weighted by molar-refractivity contribution is -0.211. The molecule has 5 saturated heterocycles. The van der Waals surface area contributed by atoms with Crippen LogP contribution in [0.25, 0.3) is 0 Å². The van der Waals surface area contributed by atoms with Gasteiger partial charge in [0.25, 0.3) is 0 Å². The van der Waals surface area contributed by atoms with Crippen LogP contribution in [0.5, 0.6) is 0 Å². The fraction of sp³-hybridized carbons (Fsp3) is 0.862. The van der Waals surface area contributed by atoms with Gasteiger partial charge in [0.2, 0.25) is 0 Å². The number of rotatable bonds is 20. The van der Waals surface area contributed by atoms with Crippen molar-refractivity contribution in [2.75, 3.05) is 0 Å². The van der Waals surface area contributed by atoms with Gasteiger partial charge in [-0.05, 0) is 447 Å². The molecule has 15 heteroatoms. The molecule has 124 heavy (non-hydrogen) atoms. The van der Waals surface area contributed by atoms with Crippen molar-refractivity contribution >= 4 is 29.8 Å². The van der Waals surface area contributed by atoms with Crippen LogP contribution in [0.3, 0.4) is 0 Å². The van der Waals surface area contributed by atoms with Crippen molar-refractivity contribution in [2.24, 2.45) is 213 Å². The second-order valence-corrected chi connectivity index (χ2v) is 50.2. The van der Waals surface area contributed by atoms with Gasteiger partial charge >= 0.3 is 29.8 Å². The molecule has 0 aromatic heterocycles. The summed E-state index contributed by atoms with van der Waals surface area (Å²) < 4.78 is 59.6. The van der Waals surface area contributed by atoms with E-state index >= 15 is 0 Å². The van der Waals surface area contributed by atoms with E-state index in [1.165, 1.54) is 167 Å². The maximum atomic E-state index is 13.0. The molecule has 30 rings (SSSR count). The maximum Gasteiger partial charge on any atom is 0.338 e. The first-order valence-corrected chi connectivity index (χ1v) is 52.5. The molecular weight excluding hydrogens is 1550 g/mol. The summed E-state index contributed by atoms with van der Waals surface area (Å²) in [6.07, 6.45) is 63.7. The van der Waals surface area contributed by atoms with Crippen LogP contribution in [0, 0.1) is 213 Å². The molecule has 0 aromatic carbocycles. The van der Waals surface area contributed by atoms with E-state index in [2.05, 4.69) is 116 Å². The van der Waals surface area contributed by atoms with Crippen molar-refractivity contribution in [1.29, 1.82) is 0 Å². The van der Waals surface area contributed by atoms with Crippen LogP contribution in [0.15, 0.2) is 60.8 Å². The number of esters is 5. The zero-order valence-corrected chi connectivity index (χ0v) is 77.0. The normalized spacial score (nSPS) is 53.0. The average molecular weight is 1700 g/mol. The SMILES string of the molecule is CC(C)(C)OC(=O)C1OC1C1CC2CC1C1C3C=CC(C3)C21.CC(C)(OC(=O)C1OC1C1CC2C=CC1C2)C12CC3CC(CC(C3)C1)C2.CC(C)C1(OC(=O)C2OC2C2CC3CC2C2C4C=CC(C4)C32)CCCC1.CCC(CC)(CC)OC(=O)C1OC1C1CC2CC1C1C3C=CC(C3)C21.CCC1(OC(=O)C2OC2C2CC3C=CC2C3)C2CC3CC(C2)CC1C3. The number of carbonyl (C=O) groups excluding carboxylic acids is 5. The third-order valence-electron chi connectivity index (χ3n) is 43.0. The van der Waals surface area contributed by atoms with Crippen molar-refractivity contribution in [1.82, 2.24) is 0 Å². The first-order chi connectivity index (χ1) is 59.7. The topological polar surface area (TPSA) is 194 Å². The smallest absolute Gasteiger partial charge is 0.338 e. The van der Waals surface area contributed by atoms with E-state index in [0.29, 0.717) is 59.2 Å². The molecule has 30 aliphatic rings. The average Bonchev–Trinajstić information content (AvgIpc) is 1.47. The molecule has 25 fully saturated rings. The number of epoxide rings is 5. The van der Waals surface area contributed by atoms with E-state index in [9.17, 15) is 24.0 Å². The third kappa shape index (κ3) is 13.7. The van der Waals surface area contributed by atoms with Gasteiger partial charge in [-0.15, -0.1) is 0 Å². The van der Waals surface area contributed by atoms with Gasteiger partial charge in [0.05, 0.1) is 30.5 Å². The predicted octanol–water partition coefficient (Wildman–Crippen LogP) is 20.5. The van der Waals surface area contributed by atoms with Crippen LogP contribution in [0.2, 0.25) is 0 Å². The highest BCUT2D eigenvalue weighted by Gasteiger charge is 2.72. The largest absolute Gasteiger partial charge is 0.458 e. The van der Waals surface area contributed by atoms with Gasteiger partial charge in [-0.3, -0.25) is 0 Å². The fourth-order valence-electron chi connectivity index (χ4n) is 37.9. The summed E-state index contributed by atoms with van der Waals surface area (Å²) in [4.78, 5) is 63.6. The predicted molar refractivity (Wildman–Crippen MR) is 468 cm³/mol. The van der Waals surface area contributed by atoms with Crippen molar-refractivity contribution in [3.05, 3.63) is 60.8 Å². The van der Waals surface area contributed by atoms with Crippen LogP contribution in [0.1, 0.15) is 282 Å². The number of hydrogen-bond donors (Lipinski definition) is 0. The first-order valence-electron chi connectivity index (χ1n) is 52.5. The Labute approximate surface area is 741 Å². The van der Waals surface area contributed by atoms with Gasteiger partial charge in [-0.25, -0.2) is 24.0 Å². The Morgan fingerprint density at radius 1 is 0.347 bits per heavy atom. The highest BCUT2D eigenvalue weighted by molar-refractivity contribution is 5.81. The fourth-order valence-corrected chi connectivity index (χ4v) is 37.9. The minimum atomic E-state index is -0.414. The molecule has 0 radical (unpaired) electrons. The Balaban J connectivity index is 0.0000000872. The molecule has 0 aromatic rings. The molecule has 678 valence electrons. The standard InChI is InChI=1S/2C23H32O3.C22H30O3.C22H32O3.C19H26O3/c1-22(2,23-10-14-5-15(11-23)7-16(6-14)12-23)26-21(24)20-19(25-20)18-9-13-3-4-17(18)8-13;1-12(2)23(7-3-4-8-23)26-22(24)21-20(25-21)17-11-15-10-16(17)19-14-6-5-13(9-14)18(15)19;1-2-22(16-7-13-5-14(9-16)10-17(22)8-13)25-21(23)20-19(24-20)18-11-12-3-4-15(18)6-12;1-4-22(5-2,6-3)25-21(23)20-19(24-20)16-11-14-10-15(16)18-13-8-7-12(9-13)17(14)18;1-19(2,3)22-18(20)17-16(21-17)13-8-11-7-12(13)15-10-5-4-9(6-10)14(11)15/h3-4,13-20H,5-12H2,1-2H3;5-6,12-21H,3-4,7-11H2,1-2H3;3-4,12-20H,2,5-11H2,1H3;7-8,12-20H,4-6,9-11H2,1-3H3;4-5,9-17H,6-8H2,1-3H3. The van der Waals surface area contributed by atoms with Gasteiger partial charge in [-0.2, -0.15) is 0 Å². The zero-order chi connectivity index (χ0) is 84.6. The van der Waals surface area contributed by atoms with Gasteiger partial charge in [0.15, 0.2) is 30.5 Å². The van der Waals surface area contributed by atoms with E-state index in [4.69, 9.17) is 47.4 Å². The molecule has 0 amide bonds. The maximum absolute atomic E-state index is 13.0. The summed E-state index contributed by atoms with van der Waals surface area (Å²) in [7, 11) is 0. The van der Waals surface area contributed by atoms with E-state index < -0.39 is 5.60 Å².